The second kappa shape index (κ2) is 5.30. The van der Waals surface area contributed by atoms with Gasteiger partial charge in [-0.15, -0.1) is 0 Å². The summed E-state index contributed by atoms with van der Waals surface area (Å²) in [6, 6.07) is 7.63. The standard InChI is InChI=1S/C12H18OS/c1-4-12(14-9(2)3)10-7-5-6-8-11(10)13/h5-9,12-13H,4H2,1-3H3. The Kier molecular flexibility index (Phi) is 4.33. The molecule has 14 heavy (non-hydrogen) atoms. The van der Waals surface area contributed by atoms with Crippen LogP contribution in [0.5, 0.6) is 5.75 Å². The normalized spacial score (nSPS) is 13.1. The van der Waals surface area contributed by atoms with Gasteiger partial charge in [-0.1, -0.05) is 39.0 Å². The van der Waals surface area contributed by atoms with E-state index in [4.69, 9.17) is 0 Å². The highest BCUT2D eigenvalue weighted by Crippen LogP contribution is 2.38. The quantitative estimate of drug-likeness (QED) is 0.811. The van der Waals surface area contributed by atoms with Crippen molar-refractivity contribution < 1.29 is 5.11 Å². The average molecular weight is 210 g/mol. The molecule has 0 bridgehead atoms. The van der Waals surface area contributed by atoms with Gasteiger partial charge < -0.3 is 5.11 Å². The maximum absolute atomic E-state index is 9.71. The average Bonchev–Trinajstić information content (AvgIpc) is 2.15. The summed E-state index contributed by atoms with van der Waals surface area (Å²) >= 11 is 1.91. The first-order chi connectivity index (χ1) is 6.65. The van der Waals surface area contributed by atoms with E-state index in [1.165, 1.54) is 0 Å². The lowest BCUT2D eigenvalue weighted by Crippen LogP contribution is -1.98. The van der Waals surface area contributed by atoms with Crippen LogP contribution in [0.3, 0.4) is 0 Å². The van der Waals surface area contributed by atoms with Crippen LogP contribution >= 0.6 is 11.8 Å². The van der Waals surface area contributed by atoms with Crippen molar-refractivity contribution in [3.8, 4) is 5.75 Å². The molecule has 0 aromatic heterocycles. The predicted octanol–water partition coefficient (Wildman–Crippen LogP) is 3.98. The summed E-state index contributed by atoms with van der Waals surface area (Å²) < 4.78 is 0. The highest BCUT2D eigenvalue weighted by Gasteiger charge is 2.14. The van der Waals surface area contributed by atoms with Crippen LogP contribution in [0, 0.1) is 0 Å². The van der Waals surface area contributed by atoms with E-state index in [0.29, 0.717) is 16.2 Å². The second-order valence-electron chi connectivity index (χ2n) is 3.64. The first-order valence-electron chi connectivity index (χ1n) is 5.08. The van der Waals surface area contributed by atoms with Gasteiger partial charge in [-0.05, 0) is 17.7 Å². The smallest absolute Gasteiger partial charge is 0.119 e. The van der Waals surface area contributed by atoms with Gasteiger partial charge in [0.25, 0.3) is 0 Å². The summed E-state index contributed by atoms with van der Waals surface area (Å²) in [5, 5.41) is 10.7. The first kappa shape index (κ1) is 11.4. The number of rotatable bonds is 4. The molecule has 1 rings (SSSR count). The van der Waals surface area contributed by atoms with Crippen molar-refractivity contribution in [1.29, 1.82) is 0 Å². The minimum absolute atomic E-state index is 0.413. The molecule has 0 aliphatic rings. The SMILES string of the molecule is CCC(SC(C)C)c1ccccc1O. The molecule has 2 heteroatoms. The van der Waals surface area contributed by atoms with Crippen molar-refractivity contribution in [2.45, 2.75) is 37.7 Å². The summed E-state index contributed by atoms with van der Waals surface area (Å²) in [4.78, 5) is 0. The third-order valence-corrected chi connectivity index (χ3v) is 3.55. The third-order valence-electron chi connectivity index (χ3n) is 2.09. The van der Waals surface area contributed by atoms with Crippen molar-refractivity contribution in [3.05, 3.63) is 29.8 Å². The largest absolute Gasteiger partial charge is 0.508 e. The fourth-order valence-electron chi connectivity index (χ4n) is 1.48. The fraction of sp³-hybridized carbons (Fsp3) is 0.500. The number of benzene rings is 1. The molecule has 1 aromatic rings. The Labute approximate surface area is 90.5 Å². The molecule has 0 spiro atoms. The molecule has 0 aliphatic carbocycles. The third kappa shape index (κ3) is 2.95. The molecule has 1 N–H and O–H groups in total. The monoisotopic (exact) mass is 210 g/mol. The fourth-order valence-corrected chi connectivity index (χ4v) is 2.67. The zero-order valence-electron chi connectivity index (χ0n) is 9.03. The van der Waals surface area contributed by atoms with Gasteiger partial charge in [0.1, 0.15) is 5.75 Å². The Balaban J connectivity index is 2.83. The summed E-state index contributed by atoms with van der Waals surface area (Å²) in [7, 11) is 0. The highest BCUT2D eigenvalue weighted by atomic mass is 32.2. The number of hydrogen-bond acceptors (Lipinski definition) is 2. The first-order valence-corrected chi connectivity index (χ1v) is 6.02. The van der Waals surface area contributed by atoms with Crippen LogP contribution in [0.1, 0.15) is 38.0 Å². The Morgan fingerprint density at radius 1 is 1.29 bits per heavy atom. The van der Waals surface area contributed by atoms with Gasteiger partial charge in [0.05, 0.1) is 0 Å². The van der Waals surface area contributed by atoms with Crippen LogP contribution in [0.15, 0.2) is 24.3 Å². The molecule has 0 radical (unpaired) electrons. The predicted molar refractivity (Wildman–Crippen MR) is 63.9 cm³/mol. The molecular weight excluding hydrogens is 192 g/mol. The molecule has 0 heterocycles. The van der Waals surface area contributed by atoms with Crippen molar-refractivity contribution in [2.24, 2.45) is 0 Å². The lowest BCUT2D eigenvalue weighted by molar-refractivity contribution is 0.467. The van der Waals surface area contributed by atoms with Gasteiger partial charge in [0, 0.05) is 10.8 Å². The van der Waals surface area contributed by atoms with E-state index in [2.05, 4.69) is 20.8 Å². The van der Waals surface area contributed by atoms with Crippen LogP contribution in [0.25, 0.3) is 0 Å². The number of phenols is 1. The van der Waals surface area contributed by atoms with Crippen molar-refractivity contribution in [2.75, 3.05) is 0 Å². The summed E-state index contributed by atoms with van der Waals surface area (Å²) in [5.74, 6) is 0.424. The maximum atomic E-state index is 9.71. The lowest BCUT2D eigenvalue weighted by atomic mass is 10.1. The zero-order valence-corrected chi connectivity index (χ0v) is 9.84. The second-order valence-corrected chi connectivity index (χ2v) is 5.42. The van der Waals surface area contributed by atoms with E-state index in [1.807, 2.05) is 30.0 Å². The van der Waals surface area contributed by atoms with Gasteiger partial charge in [-0.2, -0.15) is 11.8 Å². The van der Waals surface area contributed by atoms with Crippen molar-refractivity contribution >= 4 is 11.8 Å². The lowest BCUT2D eigenvalue weighted by Gasteiger charge is -2.18. The minimum Gasteiger partial charge on any atom is -0.508 e. The summed E-state index contributed by atoms with van der Waals surface area (Å²) in [5.41, 5.74) is 1.06. The van der Waals surface area contributed by atoms with E-state index in [0.717, 1.165) is 12.0 Å². The van der Waals surface area contributed by atoms with Gasteiger partial charge in [-0.3, -0.25) is 0 Å². The summed E-state index contributed by atoms with van der Waals surface area (Å²) in [6.45, 7) is 6.53. The Bertz CT molecular complexity index is 283. The minimum atomic E-state index is 0.413. The Hall–Kier alpha value is -0.630. The van der Waals surface area contributed by atoms with Crippen molar-refractivity contribution in [1.82, 2.24) is 0 Å². The maximum Gasteiger partial charge on any atom is 0.119 e. The molecule has 1 unspecified atom stereocenters. The molecule has 0 aliphatic heterocycles. The number of hydrogen-bond donors (Lipinski definition) is 1. The van der Waals surface area contributed by atoms with E-state index < -0.39 is 0 Å². The molecule has 0 amide bonds. The molecule has 0 fully saturated rings. The number of phenolic OH excluding ortho intramolecular Hbond substituents is 1. The highest BCUT2D eigenvalue weighted by molar-refractivity contribution is 8.00. The van der Waals surface area contributed by atoms with E-state index in [-0.39, 0.29) is 0 Å². The van der Waals surface area contributed by atoms with E-state index in [9.17, 15) is 5.11 Å². The van der Waals surface area contributed by atoms with Crippen LogP contribution in [-0.2, 0) is 0 Å². The van der Waals surface area contributed by atoms with E-state index >= 15 is 0 Å². The molecule has 0 saturated carbocycles. The Morgan fingerprint density at radius 2 is 1.93 bits per heavy atom. The van der Waals surface area contributed by atoms with Gasteiger partial charge in [0.2, 0.25) is 0 Å². The molecule has 1 nitrogen and oxygen atoms in total. The van der Waals surface area contributed by atoms with Crippen LogP contribution in [-0.4, -0.2) is 10.4 Å². The molecular formula is C12H18OS. The number of para-hydroxylation sites is 1. The van der Waals surface area contributed by atoms with E-state index in [1.54, 1.807) is 6.07 Å². The van der Waals surface area contributed by atoms with Crippen LogP contribution in [0.2, 0.25) is 0 Å². The summed E-state index contributed by atoms with van der Waals surface area (Å²) in [6.07, 6.45) is 1.06. The van der Waals surface area contributed by atoms with Crippen LogP contribution < -0.4 is 0 Å². The topological polar surface area (TPSA) is 20.2 Å². The number of thioether (sulfide) groups is 1. The van der Waals surface area contributed by atoms with Gasteiger partial charge in [0.15, 0.2) is 0 Å². The molecule has 0 saturated heterocycles. The zero-order chi connectivity index (χ0) is 10.6. The molecule has 78 valence electrons. The van der Waals surface area contributed by atoms with Crippen molar-refractivity contribution in [3.63, 3.8) is 0 Å². The Morgan fingerprint density at radius 3 is 2.43 bits per heavy atom. The van der Waals surface area contributed by atoms with Gasteiger partial charge >= 0.3 is 0 Å². The van der Waals surface area contributed by atoms with Crippen LogP contribution in [0.4, 0.5) is 0 Å². The number of aromatic hydroxyl groups is 1. The molecule has 1 atom stereocenters. The van der Waals surface area contributed by atoms with Gasteiger partial charge in [-0.25, -0.2) is 0 Å². The molecule has 1 aromatic carbocycles.